The summed E-state index contributed by atoms with van der Waals surface area (Å²) in [5, 5.41) is 2.86. The third-order valence-electron chi connectivity index (χ3n) is 4.55. The molecule has 2 aromatic heterocycles. The van der Waals surface area contributed by atoms with Crippen LogP contribution in [0.5, 0.6) is 5.75 Å². The van der Waals surface area contributed by atoms with Crippen molar-refractivity contribution >= 4 is 11.6 Å². The normalized spacial score (nSPS) is 13.0. The van der Waals surface area contributed by atoms with E-state index in [-0.39, 0.29) is 12.5 Å². The molecule has 0 atom stereocenters. The van der Waals surface area contributed by atoms with E-state index in [9.17, 15) is 4.79 Å². The fraction of sp³-hybridized carbons (Fsp3) is 0.286. The number of aromatic amines is 1. The van der Waals surface area contributed by atoms with E-state index in [1.807, 2.05) is 43.3 Å². The zero-order valence-electron chi connectivity index (χ0n) is 15.5. The number of anilines is 1. The summed E-state index contributed by atoms with van der Waals surface area (Å²) in [5.41, 5.74) is 5.13. The number of hydrogen-bond acceptors (Lipinski definition) is 4. The van der Waals surface area contributed by atoms with Crippen LogP contribution in [0.15, 0.2) is 36.4 Å². The summed E-state index contributed by atoms with van der Waals surface area (Å²) in [6.45, 7) is 4.19. The first-order valence-corrected chi connectivity index (χ1v) is 9.24. The van der Waals surface area contributed by atoms with Gasteiger partial charge in [-0.25, -0.2) is 4.98 Å². The van der Waals surface area contributed by atoms with Crippen molar-refractivity contribution in [1.29, 1.82) is 0 Å². The number of ether oxygens (including phenoxy) is 1. The summed E-state index contributed by atoms with van der Waals surface area (Å²) >= 11 is 0. The van der Waals surface area contributed by atoms with Gasteiger partial charge in [-0.3, -0.25) is 9.78 Å². The van der Waals surface area contributed by atoms with Gasteiger partial charge in [0.25, 0.3) is 5.91 Å². The Kier molecular flexibility index (Phi) is 4.62. The molecule has 2 N–H and O–H groups in total. The van der Waals surface area contributed by atoms with Crippen molar-refractivity contribution in [3.05, 3.63) is 47.9 Å². The van der Waals surface area contributed by atoms with E-state index in [1.54, 1.807) is 0 Å². The van der Waals surface area contributed by atoms with Gasteiger partial charge in [0.15, 0.2) is 6.61 Å². The van der Waals surface area contributed by atoms with E-state index in [4.69, 9.17) is 9.72 Å². The zero-order valence-corrected chi connectivity index (χ0v) is 15.5. The highest BCUT2D eigenvalue weighted by molar-refractivity contribution is 5.96. The first-order chi connectivity index (χ1) is 13.1. The largest absolute Gasteiger partial charge is 0.482 e. The second kappa shape index (κ2) is 7.23. The van der Waals surface area contributed by atoms with E-state index in [1.165, 1.54) is 0 Å². The third-order valence-corrected chi connectivity index (χ3v) is 4.55. The average molecular weight is 362 g/mol. The lowest BCUT2D eigenvalue weighted by Crippen LogP contribution is -2.25. The van der Waals surface area contributed by atoms with Gasteiger partial charge in [-0.15, -0.1) is 0 Å². The fourth-order valence-electron chi connectivity index (χ4n) is 3.19. The number of benzene rings is 1. The van der Waals surface area contributed by atoms with Gasteiger partial charge in [0.2, 0.25) is 0 Å². The van der Waals surface area contributed by atoms with Crippen LogP contribution in [-0.4, -0.2) is 27.5 Å². The molecule has 3 heterocycles. The number of carbonyl (C=O) groups excluding carboxylic acids is 1. The lowest BCUT2D eigenvalue weighted by molar-refractivity contribution is -0.118. The molecule has 6 heteroatoms. The molecule has 138 valence electrons. The van der Waals surface area contributed by atoms with Gasteiger partial charge in [-0.05, 0) is 43.7 Å². The molecule has 0 saturated heterocycles. The lowest BCUT2D eigenvalue weighted by atomic mass is 10.1. The molecule has 1 amide bonds. The summed E-state index contributed by atoms with van der Waals surface area (Å²) in [6, 6.07) is 11.7. The number of nitrogens with zero attached hydrogens (tertiary/aromatic N) is 2. The van der Waals surface area contributed by atoms with Crippen molar-refractivity contribution < 1.29 is 9.53 Å². The highest BCUT2D eigenvalue weighted by Crippen LogP contribution is 2.35. The maximum absolute atomic E-state index is 11.7. The number of amides is 1. The number of rotatable bonds is 5. The van der Waals surface area contributed by atoms with Crippen molar-refractivity contribution in [1.82, 2.24) is 15.0 Å². The van der Waals surface area contributed by atoms with Crippen LogP contribution in [0, 0.1) is 6.92 Å². The summed E-state index contributed by atoms with van der Waals surface area (Å²) in [6.07, 6.45) is 3.07. The third kappa shape index (κ3) is 3.56. The molecule has 0 spiro atoms. The van der Waals surface area contributed by atoms with Gasteiger partial charge in [0.1, 0.15) is 11.6 Å². The van der Waals surface area contributed by atoms with Crippen LogP contribution < -0.4 is 10.1 Å². The van der Waals surface area contributed by atoms with E-state index < -0.39 is 0 Å². The molecule has 1 aromatic carbocycles. The molecule has 6 nitrogen and oxygen atoms in total. The maximum Gasteiger partial charge on any atom is 0.262 e. The van der Waals surface area contributed by atoms with E-state index in [0.717, 1.165) is 53.4 Å². The van der Waals surface area contributed by atoms with Crippen molar-refractivity contribution in [2.24, 2.45) is 0 Å². The predicted octanol–water partition coefficient (Wildman–Crippen LogP) is 4.12. The highest BCUT2D eigenvalue weighted by atomic mass is 16.5. The SMILES string of the molecule is CCCCc1nc(-c2ccc3c(c2)NC(=O)CO3)c(-c2cccc(C)n2)[nH]1. The molecule has 0 aliphatic carbocycles. The number of aromatic nitrogens is 3. The Morgan fingerprint density at radius 2 is 2.07 bits per heavy atom. The summed E-state index contributed by atoms with van der Waals surface area (Å²) in [4.78, 5) is 24.6. The number of aryl methyl sites for hydroxylation is 2. The second-order valence-electron chi connectivity index (χ2n) is 6.72. The number of H-pyrrole nitrogens is 1. The lowest BCUT2D eigenvalue weighted by Gasteiger charge is -2.18. The number of fused-ring (bicyclic) bond motifs is 1. The minimum Gasteiger partial charge on any atom is -0.482 e. The van der Waals surface area contributed by atoms with E-state index in [2.05, 4.69) is 22.2 Å². The Morgan fingerprint density at radius 3 is 2.89 bits per heavy atom. The second-order valence-corrected chi connectivity index (χ2v) is 6.72. The Balaban J connectivity index is 1.80. The van der Waals surface area contributed by atoms with Crippen LogP contribution >= 0.6 is 0 Å². The van der Waals surface area contributed by atoms with Gasteiger partial charge in [0.05, 0.1) is 22.8 Å². The Morgan fingerprint density at radius 1 is 1.19 bits per heavy atom. The molecule has 0 saturated carbocycles. The highest BCUT2D eigenvalue weighted by Gasteiger charge is 2.20. The summed E-state index contributed by atoms with van der Waals surface area (Å²) < 4.78 is 5.46. The van der Waals surface area contributed by atoms with E-state index >= 15 is 0 Å². The smallest absolute Gasteiger partial charge is 0.262 e. The number of unbranched alkanes of at least 4 members (excludes halogenated alkanes) is 1. The summed E-state index contributed by atoms with van der Waals surface area (Å²) in [5.74, 6) is 1.48. The van der Waals surface area contributed by atoms with Gasteiger partial charge < -0.3 is 15.0 Å². The van der Waals surface area contributed by atoms with Crippen molar-refractivity contribution in [2.75, 3.05) is 11.9 Å². The van der Waals surface area contributed by atoms with E-state index in [0.29, 0.717) is 11.4 Å². The number of nitrogens with one attached hydrogen (secondary N) is 2. The quantitative estimate of drug-likeness (QED) is 0.715. The van der Waals surface area contributed by atoms with Crippen LogP contribution in [0.3, 0.4) is 0 Å². The molecule has 27 heavy (non-hydrogen) atoms. The zero-order chi connectivity index (χ0) is 18.8. The number of carbonyl (C=O) groups is 1. The molecule has 1 aliphatic rings. The Labute approximate surface area is 158 Å². The number of pyridine rings is 1. The van der Waals surface area contributed by atoms with Crippen molar-refractivity contribution in [3.8, 4) is 28.4 Å². The van der Waals surface area contributed by atoms with Crippen LogP contribution in [-0.2, 0) is 11.2 Å². The predicted molar refractivity (Wildman–Crippen MR) is 105 cm³/mol. The Bertz CT molecular complexity index is 994. The van der Waals surface area contributed by atoms with Gasteiger partial charge in [-0.2, -0.15) is 0 Å². The van der Waals surface area contributed by atoms with Crippen LogP contribution in [0.4, 0.5) is 5.69 Å². The minimum atomic E-state index is -0.147. The molecule has 0 unspecified atom stereocenters. The van der Waals surface area contributed by atoms with Crippen LogP contribution in [0.25, 0.3) is 22.6 Å². The van der Waals surface area contributed by atoms with Crippen LogP contribution in [0.1, 0.15) is 31.3 Å². The molecule has 4 rings (SSSR count). The van der Waals surface area contributed by atoms with Crippen LogP contribution in [0.2, 0.25) is 0 Å². The van der Waals surface area contributed by atoms with Crippen molar-refractivity contribution in [3.63, 3.8) is 0 Å². The molecule has 1 aliphatic heterocycles. The first-order valence-electron chi connectivity index (χ1n) is 9.24. The van der Waals surface area contributed by atoms with Gasteiger partial charge in [0, 0.05) is 17.7 Å². The molecule has 0 fully saturated rings. The first kappa shape index (κ1) is 17.3. The molecular formula is C21H22N4O2. The summed E-state index contributed by atoms with van der Waals surface area (Å²) in [7, 11) is 0. The van der Waals surface area contributed by atoms with Gasteiger partial charge in [-0.1, -0.05) is 19.4 Å². The maximum atomic E-state index is 11.7. The van der Waals surface area contributed by atoms with Crippen molar-refractivity contribution in [2.45, 2.75) is 33.1 Å². The minimum absolute atomic E-state index is 0.0500. The average Bonchev–Trinajstić information content (AvgIpc) is 3.10. The monoisotopic (exact) mass is 362 g/mol. The molecule has 3 aromatic rings. The number of hydrogen-bond donors (Lipinski definition) is 2. The fourth-order valence-corrected chi connectivity index (χ4v) is 3.19. The Hall–Kier alpha value is -3.15. The molecular weight excluding hydrogens is 340 g/mol. The molecule has 0 bridgehead atoms. The number of imidazole rings is 1. The topological polar surface area (TPSA) is 79.9 Å². The van der Waals surface area contributed by atoms with Gasteiger partial charge >= 0.3 is 0 Å². The molecule has 0 radical (unpaired) electrons. The standard InChI is InChI=1S/C21H22N4O2/c1-3-4-8-18-24-20(21(25-18)15-7-5-6-13(2)22-15)14-9-10-17-16(11-14)23-19(26)12-27-17/h5-7,9-11H,3-4,8,12H2,1-2H3,(H,23,26)(H,24,25).